The van der Waals surface area contributed by atoms with Crippen molar-refractivity contribution < 1.29 is 9.47 Å². The summed E-state index contributed by atoms with van der Waals surface area (Å²) in [4.78, 5) is 8.60. The first-order valence-corrected chi connectivity index (χ1v) is 10.4. The smallest absolute Gasteiger partial charge is 0.191 e. The number of nitrogens with zero attached hydrogens (tertiary/aromatic N) is 3. The number of hydrogen-bond acceptors (Lipinski definition) is 4. The number of aliphatic imine (C=N–C) groups is 1. The molecule has 0 bridgehead atoms. The molecule has 0 radical (unpaired) electrons. The molecule has 1 heterocycles. The summed E-state index contributed by atoms with van der Waals surface area (Å²) in [5.41, 5.74) is 2.43. The first-order valence-electron chi connectivity index (χ1n) is 10.4. The van der Waals surface area contributed by atoms with Crippen molar-refractivity contribution in [3.63, 3.8) is 0 Å². The van der Waals surface area contributed by atoms with Gasteiger partial charge in [-0.3, -0.25) is 4.99 Å². The third-order valence-electron chi connectivity index (χ3n) is 4.91. The van der Waals surface area contributed by atoms with Crippen LogP contribution >= 0.6 is 24.0 Å². The van der Waals surface area contributed by atoms with Crippen molar-refractivity contribution in [3.8, 4) is 11.5 Å². The summed E-state index contributed by atoms with van der Waals surface area (Å²) in [6, 6.07) is 16.2. The standard InChI is InChI=1S/C24H31N5O2.HI/c1-18(31-23-11-6-5-10-22(23)30-4)15-27-24(25-3)28-16-20-8-7-9-21(14-20)17-29-13-12-26-19(29)2;/h5-14,18H,15-17H2,1-4H3,(H2,25,27,28);1H. The van der Waals surface area contributed by atoms with Gasteiger partial charge in [0.15, 0.2) is 17.5 Å². The van der Waals surface area contributed by atoms with Gasteiger partial charge in [-0.25, -0.2) is 4.98 Å². The van der Waals surface area contributed by atoms with Gasteiger partial charge in [0, 0.05) is 32.5 Å². The second kappa shape index (κ2) is 12.9. The van der Waals surface area contributed by atoms with Crippen LogP contribution in [0.5, 0.6) is 11.5 Å². The normalized spacial score (nSPS) is 11.9. The van der Waals surface area contributed by atoms with Gasteiger partial charge in [-0.15, -0.1) is 24.0 Å². The molecule has 0 saturated carbocycles. The van der Waals surface area contributed by atoms with Crippen LogP contribution in [0.25, 0.3) is 0 Å². The van der Waals surface area contributed by atoms with Crippen LogP contribution in [-0.4, -0.2) is 42.3 Å². The van der Waals surface area contributed by atoms with Gasteiger partial charge in [0.05, 0.1) is 13.7 Å². The molecule has 0 saturated heterocycles. The van der Waals surface area contributed by atoms with E-state index in [1.54, 1.807) is 14.2 Å². The van der Waals surface area contributed by atoms with Crippen LogP contribution in [0.4, 0.5) is 0 Å². The monoisotopic (exact) mass is 549 g/mol. The first-order chi connectivity index (χ1) is 15.1. The molecule has 0 amide bonds. The van der Waals surface area contributed by atoms with E-state index in [9.17, 15) is 0 Å². The molecule has 2 aromatic carbocycles. The largest absolute Gasteiger partial charge is 0.493 e. The maximum absolute atomic E-state index is 5.99. The number of hydrogen-bond donors (Lipinski definition) is 2. The van der Waals surface area contributed by atoms with Crippen LogP contribution < -0.4 is 20.1 Å². The van der Waals surface area contributed by atoms with E-state index in [1.165, 1.54) is 11.1 Å². The van der Waals surface area contributed by atoms with Gasteiger partial charge in [-0.05, 0) is 37.1 Å². The van der Waals surface area contributed by atoms with Crippen LogP contribution in [0.3, 0.4) is 0 Å². The van der Waals surface area contributed by atoms with Gasteiger partial charge in [0.2, 0.25) is 0 Å². The molecular formula is C24H32IN5O2. The zero-order valence-electron chi connectivity index (χ0n) is 19.0. The quantitative estimate of drug-likeness (QED) is 0.240. The minimum atomic E-state index is -0.0587. The molecule has 7 nitrogen and oxygen atoms in total. The number of aryl methyl sites for hydroxylation is 1. The number of halogens is 1. The number of guanidine groups is 1. The average molecular weight is 549 g/mol. The van der Waals surface area contributed by atoms with Gasteiger partial charge in [0.25, 0.3) is 0 Å². The molecule has 0 aliphatic rings. The van der Waals surface area contributed by atoms with Crippen molar-refractivity contribution in [2.24, 2.45) is 4.99 Å². The second-order valence-electron chi connectivity index (χ2n) is 7.31. The number of ether oxygens (including phenoxy) is 2. The summed E-state index contributed by atoms with van der Waals surface area (Å²) in [7, 11) is 3.40. The first kappa shape index (κ1) is 25.5. The van der Waals surface area contributed by atoms with Gasteiger partial charge in [-0.2, -0.15) is 0 Å². The lowest BCUT2D eigenvalue weighted by atomic mass is 10.1. The van der Waals surface area contributed by atoms with Crippen molar-refractivity contribution >= 4 is 29.9 Å². The zero-order chi connectivity index (χ0) is 22.1. The lowest BCUT2D eigenvalue weighted by Gasteiger charge is -2.19. The number of methoxy groups -OCH3 is 1. The molecule has 1 atom stereocenters. The van der Waals surface area contributed by atoms with E-state index in [2.05, 4.69) is 49.4 Å². The Morgan fingerprint density at radius 3 is 2.53 bits per heavy atom. The summed E-state index contributed by atoms with van der Waals surface area (Å²) in [6.07, 6.45) is 3.77. The summed E-state index contributed by atoms with van der Waals surface area (Å²) < 4.78 is 13.5. The van der Waals surface area contributed by atoms with E-state index in [0.29, 0.717) is 13.1 Å². The lowest BCUT2D eigenvalue weighted by molar-refractivity contribution is 0.213. The van der Waals surface area contributed by atoms with Crippen molar-refractivity contribution in [2.45, 2.75) is 33.0 Å². The molecule has 1 aromatic heterocycles. The number of imidazole rings is 1. The Morgan fingerprint density at radius 2 is 1.84 bits per heavy atom. The molecule has 32 heavy (non-hydrogen) atoms. The Hall–Kier alpha value is -2.75. The predicted octanol–water partition coefficient (Wildman–Crippen LogP) is 4.00. The highest BCUT2D eigenvalue weighted by Crippen LogP contribution is 2.26. The Bertz CT molecular complexity index is 1010. The number of benzene rings is 2. The molecule has 1 unspecified atom stereocenters. The van der Waals surface area contributed by atoms with Crippen LogP contribution in [0, 0.1) is 6.92 Å². The molecular weight excluding hydrogens is 517 g/mol. The summed E-state index contributed by atoms with van der Waals surface area (Å²) in [5.74, 6) is 3.19. The fourth-order valence-corrected chi connectivity index (χ4v) is 3.23. The number of aromatic nitrogens is 2. The average Bonchev–Trinajstić information content (AvgIpc) is 3.18. The van der Waals surface area contributed by atoms with Crippen LogP contribution in [0.2, 0.25) is 0 Å². The van der Waals surface area contributed by atoms with Crippen molar-refractivity contribution in [2.75, 3.05) is 20.7 Å². The van der Waals surface area contributed by atoms with E-state index in [-0.39, 0.29) is 30.1 Å². The van der Waals surface area contributed by atoms with E-state index in [4.69, 9.17) is 9.47 Å². The summed E-state index contributed by atoms with van der Waals surface area (Å²) >= 11 is 0. The van der Waals surface area contributed by atoms with Gasteiger partial charge < -0.3 is 24.7 Å². The third kappa shape index (κ3) is 7.44. The van der Waals surface area contributed by atoms with Gasteiger partial charge >= 0.3 is 0 Å². The molecule has 2 N–H and O–H groups in total. The van der Waals surface area contributed by atoms with Gasteiger partial charge in [-0.1, -0.05) is 36.4 Å². The predicted molar refractivity (Wildman–Crippen MR) is 139 cm³/mol. The summed E-state index contributed by atoms with van der Waals surface area (Å²) in [5, 5.41) is 6.68. The van der Waals surface area contributed by atoms with Gasteiger partial charge in [0.1, 0.15) is 11.9 Å². The highest BCUT2D eigenvalue weighted by atomic mass is 127. The second-order valence-corrected chi connectivity index (χ2v) is 7.31. The SMILES string of the molecule is CN=C(NCc1cccc(Cn2ccnc2C)c1)NCC(C)Oc1ccccc1OC.I. The zero-order valence-corrected chi connectivity index (χ0v) is 21.4. The van der Waals surface area contributed by atoms with E-state index in [1.807, 2.05) is 50.5 Å². The molecule has 3 aromatic rings. The number of rotatable bonds is 9. The highest BCUT2D eigenvalue weighted by Gasteiger charge is 2.09. The number of nitrogens with one attached hydrogen (secondary N) is 2. The lowest BCUT2D eigenvalue weighted by Crippen LogP contribution is -2.41. The Labute approximate surface area is 207 Å². The van der Waals surface area contributed by atoms with Crippen molar-refractivity contribution in [1.29, 1.82) is 0 Å². The van der Waals surface area contributed by atoms with Crippen LogP contribution in [0.1, 0.15) is 23.9 Å². The third-order valence-corrected chi connectivity index (χ3v) is 4.91. The summed E-state index contributed by atoms with van der Waals surface area (Å²) in [6.45, 7) is 6.12. The minimum absolute atomic E-state index is 0. The van der Waals surface area contributed by atoms with Crippen molar-refractivity contribution in [1.82, 2.24) is 20.2 Å². The molecule has 3 rings (SSSR count). The maximum Gasteiger partial charge on any atom is 0.191 e. The molecule has 8 heteroatoms. The van der Waals surface area contributed by atoms with Crippen LogP contribution in [0.15, 0.2) is 65.9 Å². The minimum Gasteiger partial charge on any atom is -0.493 e. The van der Waals surface area contributed by atoms with Crippen LogP contribution in [-0.2, 0) is 13.1 Å². The molecule has 172 valence electrons. The van der Waals surface area contributed by atoms with E-state index >= 15 is 0 Å². The fourth-order valence-electron chi connectivity index (χ4n) is 3.23. The Balaban J connectivity index is 0.00000363. The highest BCUT2D eigenvalue weighted by molar-refractivity contribution is 14.0. The maximum atomic E-state index is 5.99. The Kier molecular flexibility index (Phi) is 10.3. The van der Waals surface area contributed by atoms with E-state index < -0.39 is 0 Å². The van der Waals surface area contributed by atoms with E-state index in [0.717, 1.165) is 29.8 Å². The van der Waals surface area contributed by atoms with Crippen molar-refractivity contribution in [3.05, 3.63) is 77.9 Å². The molecule has 0 aliphatic carbocycles. The fraction of sp³-hybridized carbons (Fsp3) is 0.333. The molecule has 0 aliphatic heterocycles. The Morgan fingerprint density at radius 1 is 1.09 bits per heavy atom. The topological polar surface area (TPSA) is 72.7 Å². The number of para-hydroxylation sites is 2. The molecule has 0 fully saturated rings. The molecule has 0 spiro atoms.